The van der Waals surface area contributed by atoms with Crippen LogP contribution in [0, 0.1) is 5.92 Å². The first-order valence-corrected chi connectivity index (χ1v) is 4.37. The monoisotopic (exact) mass is 200 g/mol. The Bertz CT molecular complexity index is 339. The number of rotatable bonds is 3. The molecule has 4 heteroatoms. The van der Waals surface area contributed by atoms with E-state index in [-0.39, 0.29) is 18.8 Å². The minimum Gasteiger partial charge on any atom is -0.508 e. The standard InChI is InChI=1S/C10H10F2O2/c11-10(12)5-7(10)6-14-9-3-1-2-8(13)4-9/h1-4,7,13H,5-6H2. The summed E-state index contributed by atoms with van der Waals surface area (Å²) >= 11 is 0. The number of halogens is 2. The van der Waals surface area contributed by atoms with Crippen LogP contribution in [-0.4, -0.2) is 17.6 Å². The molecular weight excluding hydrogens is 190 g/mol. The van der Waals surface area contributed by atoms with E-state index in [1.54, 1.807) is 12.1 Å². The largest absolute Gasteiger partial charge is 0.508 e. The van der Waals surface area contributed by atoms with Gasteiger partial charge in [0.1, 0.15) is 11.5 Å². The summed E-state index contributed by atoms with van der Waals surface area (Å²) in [6.07, 6.45) is -0.0915. The Hall–Kier alpha value is -1.32. The highest BCUT2D eigenvalue weighted by Gasteiger charge is 2.57. The van der Waals surface area contributed by atoms with Gasteiger partial charge in [-0.3, -0.25) is 0 Å². The second-order valence-electron chi connectivity index (χ2n) is 3.47. The second kappa shape index (κ2) is 3.12. The van der Waals surface area contributed by atoms with Gasteiger partial charge < -0.3 is 9.84 Å². The fourth-order valence-electron chi connectivity index (χ4n) is 1.22. The van der Waals surface area contributed by atoms with Crippen molar-refractivity contribution in [3.8, 4) is 11.5 Å². The lowest BCUT2D eigenvalue weighted by Crippen LogP contribution is -2.05. The first-order valence-electron chi connectivity index (χ1n) is 4.37. The summed E-state index contributed by atoms with van der Waals surface area (Å²) in [5.41, 5.74) is 0. The van der Waals surface area contributed by atoms with Crippen molar-refractivity contribution >= 4 is 0 Å². The van der Waals surface area contributed by atoms with Crippen molar-refractivity contribution in [1.82, 2.24) is 0 Å². The van der Waals surface area contributed by atoms with Gasteiger partial charge in [-0.1, -0.05) is 6.07 Å². The maximum Gasteiger partial charge on any atom is 0.255 e. The topological polar surface area (TPSA) is 29.5 Å². The summed E-state index contributed by atoms with van der Waals surface area (Å²) < 4.78 is 30.0. The molecule has 1 N–H and O–H groups in total. The van der Waals surface area contributed by atoms with Crippen molar-refractivity contribution in [3.63, 3.8) is 0 Å². The molecule has 1 aromatic rings. The van der Waals surface area contributed by atoms with E-state index in [1.165, 1.54) is 12.1 Å². The lowest BCUT2D eigenvalue weighted by molar-refractivity contribution is 0.0856. The maximum absolute atomic E-state index is 12.4. The van der Waals surface area contributed by atoms with Crippen molar-refractivity contribution in [1.29, 1.82) is 0 Å². The lowest BCUT2D eigenvalue weighted by Gasteiger charge is -2.05. The fraction of sp³-hybridized carbons (Fsp3) is 0.400. The summed E-state index contributed by atoms with van der Waals surface area (Å²) in [5, 5.41) is 9.07. The molecule has 2 rings (SSSR count). The van der Waals surface area contributed by atoms with Gasteiger partial charge in [0.15, 0.2) is 0 Å². The molecule has 0 aliphatic heterocycles. The Morgan fingerprint density at radius 1 is 1.50 bits per heavy atom. The van der Waals surface area contributed by atoms with Crippen molar-refractivity contribution in [2.45, 2.75) is 12.3 Å². The van der Waals surface area contributed by atoms with E-state index >= 15 is 0 Å². The summed E-state index contributed by atoms with van der Waals surface area (Å²) in [5.74, 6) is -2.71. The minimum absolute atomic E-state index is 0.0104. The average Bonchev–Trinajstić information content (AvgIpc) is 2.71. The van der Waals surface area contributed by atoms with Crippen LogP contribution >= 0.6 is 0 Å². The molecule has 0 bridgehead atoms. The molecule has 0 saturated heterocycles. The zero-order valence-electron chi connectivity index (χ0n) is 7.41. The van der Waals surface area contributed by atoms with E-state index in [1.807, 2.05) is 0 Å². The number of benzene rings is 1. The fourth-order valence-corrected chi connectivity index (χ4v) is 1.22. The molecule has 2 nitrogen and oxygen atoms in total. The molecule has 1 aliphatic carbocycles. The molecular formula is C10H10F2O2. The van der Waals surface area contributed by atoms with Crippen LogP contribution in [0.1, 0.15) is 6.42 Å². The van der Waals surface area contributed by atoms with E-state index in [0.29, 0.717) is 5.75 Å². The average molecular weight is 200 g/mol. The molecule has 14 heavy (non-hydrogen) atoms. The summed E-state index contributed by atoms with van der Waals surface area (Å²) in [4.78, 5) is 0. The molecule has 1 fully saturated rings. The second-order valence-corrected chi connectivity index (χ2v) is 3.47. The van der Waals surface area contributed by atoms with Crippen LogP contribution in [0.3, 0.4) is 0 Å². The highest BCUT2D eigenvalue weighted by Crippen LogP contribution is 2.48. The smallest absolute Gasteiger partial charge is 0.255 e. The number of phenols is 1. The molecule has 0 spiro atoms. The molecule has 1 aromatic carbocycles. The number of phenolic OH excluding ortho intramolecular Hbond substituents is 1. The lowest BCUT2D eigenvalue weighted by atomic mass is 10.3. The number of ether oxygens (including phenoxy) is 1. The maximum atomic E-state index is 12.4. The van der Waals surface area contributed by atoms with E-state index in [0.717, 1.165) is 0 Å². The summed E-state index contributed by atoms with van der Waals surface area (Å²) in [7, 11) is 0. The van der Waals surface area contributed by atoms with Crippen molar-refractivity contribution < 1.29 is 18.6 Å². The summed E-state index contributed by atoms with van der Waals surface area (Å²) in [6, 6.07) is 6.13. The quantitative estimate of drug-likeness (QED) is 0.811. The predicted octanol–water partition coefficient (Wildman–Crippen LogP) is 2.43. The molecule has 0 amide bonds. The summed E-state index contributed by atoms with van der Waals surface area (Å²) in [6.45, 7) is 0.0104. The van der Waals surface area contributed by atoms with Crippen LogP contribution in [0.25, 0.3) is 0 Å². The van der Waals surface area contributed by atoms with Gasteiger partial charge in [0, 0.05) is 12.5 Å². The molecule has 1 unspecified atom stereocenters. The first-order chi connectivity index (χ1) is 6.58. The van der Waals surface area contributed by atoms with Crippen LogP contribution in [0.2, 0.25) is 0 Å². The van der Waals surface area contributed by atoms with Gasteiger partial charge in [-0.05, 0) is 12.1 Å². The first kappa shape index (κ1) is 9.24. The minimum atomic E-state index is -2.54. The highest BCUT2D eigenvalue weighted by molar-refractivity contribution is 5.31. The molecule has 0 aromatic heterocycles. The van der Waals surface area contributed by atoms with Crippen LogP contribution in [0.15, 0.2) is 24.3 Å². The van der Waals surface area contributed by atoms with Gasteiger partial charge in [0.25, 0.3) is 5.92 Å². The third-order valence-corrected chi connectivity index (χ3v) is 2.22. The Balaban J connectivity index is 1.87. The van der Waals surface area contributed by atoms with Gasteiger partial charge in [-0.25, -0.2) is 8.78 Å². The highest BCUT2D eigenvalue weighted by atomic mass is 19.3. The van der Waals surface area contributed by atoms with Crippen molar-refractivity contribution in [3.05, 3.63) is 24.3 Å². The number of hydrogen-bond donors (Lipinski definition) is 1. The zero-order valence-corrected chi connectivity index (χ0v) is 7.41. The third-order valence-electron chi connectivity index (χ3n) is 2.22. The van der Waals surface area contributed by atoms with E-state index in [2.05, 4.69) is 0 Å². The van der Waals surface area contributed by atoms with Crippen LogP contribution in [0.5, 0.6) is 11.5 Å². The van der Waals surface area contributed by atoms with Crippen molar-refractivity contribution in [2.24, 2.45) is 5.92 Å². The zero-order chi connectivity index (χ0) is 10.2. The normalized spacial score (nSPS) is 23.1. The molecule has 1 atom stereocenters. The number of aromatic hydroxyl groups is 1. The molecule has 0 radical (unpaired) electrons. The van der Waals surface area contributed by atoms with Crippen LogP contribution in [0.4, 0.5) is 8.78 Å². The van der Waals surface area contributed by atoms with E-state index in [4.69, 9.17) is 9.84 Å². The number of alkyl halides is 2. The van der Waals surface area contributed by atoms with Gasteiger partial charge in [-0.2, -0.15) is 0 Å². The predicted molar refractivity (Wildman–Crippen MR) is 46.7 cm³/mol. The van der Waals surface area contributed by atoms with Gasteiger partial charge >= 0.3 is 0 Å². The van der Waals surface area contributed by atoms with Crippen LogP contribution in [-0.2, 0) is 0 Å². The molecule has 0 heterocycles. The van der Waals surface area contributed by atoms with Crippen LogP contribution < -0.4 is 4.74 Å². The molecule has 76 valence electrons. The van der Waals surface area contributed by atoms with Crippen molar-refractivity contribution in [2.75, 3.05) is 6.61 Å². The molecule has 1 saturated carbocycles. The SMILES string of the molecule is Oc1cccc(OCC2CC2(F)F)c1. The Kier molecular flexibility index (Phi) is 2.06. The van der Waals surface area contributed by atoms with E-state index < -0.39 is 11.8 Å². The van der Waals surface area contributed by atoms with Gasteiger partial charge in [0.2, 0.25) is 0 Å². The third kappa shape index (κ3) is 1.95. The number of hydrogen-bond acceptors (Lipinski definition) is 2. The Morgan fingerprint density at radius 2 is 2.21 bits per heavy atom. The Labute approximate surface area is 80.1 Å². The Morgan fingerprint density at radius 3 is 2.79 bits per heavy atom. The van der Waals surface area contributed by atoms with Gasteiger partial charge in [0.05, 0.1) is 12.5 Å². The van der Waals surface area contributed by atoms with E-state index in [9.17, 15) is 8.78 Å². The molecule has 1 aliphatic rings. The van der Waals surface area contributed by atoms with Gasteiger partial charge in [-0.15, -0.1) is 0 Å².